The molecule has 0 fully saturated rings. The minimum absolute atomic E-state index is 0.0317. The molecule has 1 atom stereocenters. The van der Waals surface area contributed by atoms with Crippen molar-refractivity contribution in [2.24, 2.45) is 5.92 Å². The molecule has 5 rings (SSSR count). The zero-order valence-corrected chi connectivity index (χ0v) is 16.7. The van der Waals surface area contributed by atoms with Crippen molar-refractivity contribution in [3.8, 4) is 5.75 Å². The molecule has 0 aliphatic heterocycles. The first kappa shape index (κ1) is 18.0. The predicted molar refractivity (Wildman–Crippen MR) is 109 cm³/mol. The van der Waals surface area contributed by atoms with Crippen LogP contribution in [0.1, 0.15) is 36.0 Å². The number of hydrogen-bond acceptors (Lipinski definition) is 7. The highest BCUT2D eigenvalue weighted by Crippen LogP contribution is 2.39. The Labute approximate surface area is 170 Å². The van der Waals surface area contributed by atoms with Crippen molar-refractivity contribution >= 4 is 32.9 Å². The molecular formula is C20H19N5O3S. The first-order valence-corrected chi connectivity index (χ1v) is 10.5. The Morgan fingerprint density at radius 3 is 2.93 bits per heavy atom. The summed E-state index contributed by atoms with van der Waals surface area (Å²) in [6.07, 6.45) is 6.32. The fourth-order valence-corrected chi connectivity index (χ4v) is 5.20. The molecular weight excluding hydrogens is 390 g/mol. The van der Waals surface area contributed by atoms with Crippen LogP contribution >= 0.6 is 11.3 Å². The number of aromatic nitrogens is 4. The van der Waals surface area contributed by atoms with Crippen molar-refractivity contribution in [3.63, 3.8) is 0 Å². The minimum atomic E-state index is -0.435. The first-order valence-electron chi connectivity index (χ1n) is 9.64. The van der Waals surface area contributed by atoms with Gasteiger partial charge in [-0.2, -0.15) is 0 Å². The van der Waals surface area contributed by atoms with E-state index in [2.05, 4.69) is 17.0 Å². The van der Waals surface area contributed by atoms with E-state index in [1.54, 1.807) is 34.3 Å². The summed E-state index contributed by atoms with van der Waals surface area (Å²) in [4.78, 5) is 22.1. The lowest BCUT2D eigenvalue weighted by atomic mass is 9.86. The van der Waals surface area contributed by atoms with Crippen LogP contribution in [0.4, 0.5) is 5.69 Å². The van der Waals surface area contributed by atoms with Gasteiger partial charge >= 0.3 is 0 Å². The summed E-state index contributed by atoms with van der Waals surface area (Å²) < 4.78 is 7.43. The van der Waals surface area contributed by atoms with Gasteiger partial charge in [0.15, 0.2) is 11.5 Å². The summed E-state index contributed by atoms with van der Waals surface area (Å²) in [7, 11) is 0. The second kappa shape index (κ2) is 7.07. The number of nitro benzene ring substituents is 1. The Bertz CT molecular complexity index is 1210. The molecule has 8 nitrogen and oxygen atoms in total. The number of thiophene rings is 1. The van der Waals surface area contributed by atoms with E-state index in [9.17, 15) is 10.1 Å². The molecule has 0 saturated heterocycles. The highest BCUT2D eigenvalue weighted by atomic mass is 32.1. The Morgan fingerprint density at radius 1 is 1.34 bits per heavy atom. The van der Waals surface area contributed by atoms with Crippen LogP contribution in [0, 0.1) is 16.0 Å². The lowest BCUT2D eigenvalue weighted by molar-refractivity contribution is -0.384. The van der Waals surface area contributed by atoms with Gasteiger partial charge in [0, 0.05) is 17.0 Å². The lowest BCUT2D eigenvalue weighted by Gasteiger charge is -2.20. The van der Waals surface area contributed by atoms with Crippen LogP contribution in [0.3, 0.4) is 0 Å². The van der Waals surface area contributed by atoms with E-state index in [0.29, 0.717) is 11.6 Å². The molecule has 3 aromatic heterocycles. The maximum Gasteiger partial charge on any atom is 0.269 e. The van der Waals surface area contributed by atoms with Crippen LogP contribution in [-0.4, -0.2) is 24.5 Å². The van der Waals surface area contributed by atoms with Gasteiger partial charge in [0.1, 0.15) is 23.5 Å². The molecule has 1 aromatic carbocycles. The third kappa shape index (κ3) is 3.21. The number of nitro groups is 1. The van der Waals surface area contributed by atoms with Gasteiger partial charge in [-0.3, -0.25) is 10.1 Å². The van der Waals surface area contributed by atoms with E-state index in [1.165, 1.54) is 35.4 Å². The number of fused-ring (bicyclic) bond motifs is 5. The third-order valence-corrected chi connectivity index (χ3v) is 6.69. The van der Waals surface area contributed by atoms with Crippen LogP contribution in [0.15, 0.2) is 30.6 Å². The lowest BCUT2D eigenvalue weighted by Crippen LogP contribution is -2.11. The topological polar surface area (TPSA) is 95.5 Å². The van der Waals surface area contributed by atoms with Crippen molar-refractivity contribution in [3.05, 3.63) is 57.0 Å². The Hall–Kier alpha value is -3.07. The third-order valence-electron chi connectivity index (χ3n) is 5.52. The van der Waals surface area contributed by atoms with Gasteiger partial charge in [-0.25, -0.2) is 14.5 Å². The Kier molecular flexibility index (Phi) is 4.39. The molecule has 29 heavy (non-hydrogen) atoms. The normalized spacial score (nSPS) is 16.2. The van der Waals surface area contributed by atoms with E-state index >= 15 is 0 Å². The van der Waals surface area contributed by atoms with Crippen molar-refractivity contribution in [1.29, 1.82) is 0 Å². The van der Waals surface area contributed by atoms with Crippen LogP contribution in [0.5, 0.6) is 5.75 Å². The molecule has 148 valence electrons. The van der Waals surface area contributed by atoms with Crippen LogP contribution < -0.4 is 4.74 Å². The highest BCUT2D eigenvalue weighted by molar-refractivity contribution is 7.19. The van der Waals surface area contributed by atoms with Gasteiger partial charge in [-0.15, -0.1) is 16.4 Å². The first-order chi connectivity index (χ1) is 14.1. The molecule has 1 aliphatic carbocycles. The van der Waals surface area contributed by atoms with Crippen molar-refractivity contribution < 1.29 is 9.66 Å². The monoisotopic (exact) mass is 409 g/mol. The zero-order valence-electron chi connectivity index (χ0n) is 15.9. The number of hydrogen-bond donors (Lipinski definition) is 0. The summed E-state index contributed by atoms with van der Waals surface area (Å²) >= 11 is 1.78. The maximum absolute atomic E-state index is 10.8. The van der Waals surface area contributed by atoms with Crippen LogP contribution in [-0.2, 0) is 19.4 Å². The van der Waals surface area contributed by atoms with Gasteiger partial charge in [0.25, 0.3) is 5.69 Å². The number of non-ortho nitro benzene ring substituents is 1. The molecule has 0 spiro atoms. The molecule has 0 N–H and O–H groups in total. The maximum atomic E-state index is 10.8. The van der Waals surface area contributed by atoms with Gasteiger partial charge in [0.05, 0.1) is 10.3 Å². The van der Waals surface area contributed by atoms with Gasteiger partial charge in [0.2, 0.25) is 0 Å². The molecule has 0 bridgehead atoms. The van der Waals surface area contributed by atoms with E-state index in [4.69, 9.17) is 9.72 Å². The summed E-state index contributed by atoms with van der Waals surface area (Å²) in [5.41, 5.74) is 2.23. The average molecular weight is 409 g/mol. The Morgan fingerprint density at radius 2 is 2.17 bits per heavy atom. The minimum Gasteiger partial charge on any atom is -0.486 e. The van der Waals surface area contributed by atoms with E-state index in [0.717, 1.165) is 34.6 Å². The number of nitrogens with zero attached hydrogens (tertiary/aromatic N) is 5. The van der Waals surface area contributed by atoms with E-state index < -0.39 is 4.92 Å². The predicted octanol–water partition coefficient (Wildman–Crippen LogP) is 4.34. The quantitative estimate of drug-likeness (QED) is 0.359. The fraction of sp³-hybridized carbons (Fsp3) is 0.350. The highest BCUT2D eigenvalue weighted by Gasteiger charge is 2.24. The van der Waals surface area contributed by atoms with Crippen molar-refractivity contribution in [1.82, 2.24) is 19.6 Å². The van der Waals surface area contributed by atoms with Gasteiger partial charge in [-0.1, -0.05) is 13.3 Å². The number of rotatable bonds is 5. The molecule has 0 saturated carbocycles. The molecule has 0 amide bonds. The molecule has 0 unspecified atom stereocenters. The number of aryl methyl sites for hydroxylation is 1. The summed E-state index contributed by atoms with van der Waals surface area (Å²) in [6.45, 7) is 2.44. The molecule has 4 aromatic rings. The standard InChI is InChI=1S/C20H19N5O3S/c1-2-12-3-8-15-16(9-12)29-20-18(15)19-22-17(23-24(19)11-21-20)10-28-14-6-4-13(5-7-14)25(26)27/h4-7,11-12H,2-3,8-10H2,1H3/t12-/m0/s1. The average Bonchev–Trinajstić information content (AvgIpc) is 3.32. The second-order valence-corrected chi connectivity index (χ2v) is 8.37. The largest absolute Gasteiger partial charge is 0.486 e. The summed E-state index contributed by atoms with van der Waals surface area (Å²) in [5.74, 6) is 1.85. The van der Waals surface area contributed by atoms with Crippen molar-refractivity contribution in [2.45, 2.75) is 39.2 Å². The SMILES string of the molecule is CC[C@H]1CCc2c(sc3ncn4nc(COc5ccc([N+](=O)[O-])cc5)nc4c23)C1. The molecule has 3 heterocycles. The summed E-state index contributed by atoms with van der Waals surface area (Å²) in [6, 6.07) is 5.99. The molecule has 9 heteroatoms. The van der Waals surface area contributed by atoms with Gasteiger partial charge < -0.3 is 4.74 Å². The number of benzene rings is 1. The Balaban J connectivity index is 1.43. The molecule has 0 radical (unpaired) electrons. The van der Waals surface area contributed by atoms with E-state index in [1.807, 2.05) is 0 Å². The van der Waals surface area contributed by atoms with E-state index in [-0.39, 0.29) is 12.3 Å². The fourth-order valence-electron chi connectivity index (χ4n) is 3.91. The van der Waals surface area contributed by atoms with Crippen LogP contribution in [0.25, 0.3) is 15.9 Å². The summed E-state index contributed by atoms with van der Waals surface area (Å²) in [5, 5.41) is 16.4. The smallest absolute Gasteiger partial charge is 0.269 e. The van der Waals surface area contributed by atoms with Crippen LogP contribution in [0.2, 0.25) is 0 Å². The molecule has 1 aliphatic rings. The zero-order chi connectivity index (χ0) is 20.0. The van der Waals surface area contributed by atoms with Crippen molar-refractivity contribution in [2.75, 3.05) is 0 Å². The van der Waals surface area contributed by atoms with Gasteiger partial charge in [-0.05, 0) is 42.9 Å². The second-order valence-electron chi connectivity index (χ2n) is 7.28. The number of ether oxygens (including phenoxy) is 1.